The van der Waals surface area contributed by atoms with E-state index in [1.54, 1.807) is 6.08 Å². The Labute approximate surface area is 398 Å². The van der Waals surface area contributed by atoms with Gasteiger partial charge in [-0.05, 0) is 77.0 Å². The molecule has 1 amide bonds. The number of allylic oxidation sites excluding steroid dienone is 9. The lowest BCUT2D eigenvalue weighted by Crippen LogP contribution is -2.60. The molecule has 1 rings (SSSR count). The fraction of sp³-hybridized carbons (Fsp3) is 0.804. The van der Waals surface area contributed by atoms with Crippen LogP contribution in [0.25, 0.3) is 0 Å². The van der Waals surface area contributed by atoms with Crippen molar-refractivity contribution in [3.05, 3.63) is 60.8 Å². The number of ether oxygens (including phenoxy) is 2. The van der Waals surface area contributed by atoms with Gasteiger partial charge in [-0.15, -0.1) is 0 Å². The highest BCUT2D eigenvalue weighted by molar-refractivity contribution is 5.76. The molecule has 1 aliphatic heterocycles. The number of hydrogen-bond donors (Lipinski definition) is 6. The first-order valence-electron chi connectivity index (χ1n) is 27.0. The lowest BCUT2D eigenvalue weighted by molar-refractivity contribution is -0.302. The van der Waals surface area contributed by atoms with Gasteiger partial charge in [0.15, 0.2) is 6.29 Å². The summed E-state index contributed by atoms with van der Waals surface area (Å²) in [6, 6.07) is -0.835. The van der Waals surface area contributed by atoms with Crippen molar-refractivity contribution in [3.63, 3.8) is 0 Å². The quantitative estimate of drug-likeness (QED) is 0.0261. The first kappa shape index (κ1) is 60.9. The summed E-state index contributed by atoms with van der Waals surface area (Å²) in [7, 11) is 0. The number of carbonyl (C=O) groups excluding carboxylic acids is 1. The van der Waals surface area contributed by atoms with Crippen LogP contribution in [0.15, 0.2) is 60.8 Å². The second-order valence-electron chi connectivity index (χ2n) is 18.6. The summed E-state index contributed by atoms with van der Waals surface area (Å²) in [5, 5.41) is 54.4. The number of hydrogen-bond acceptors (Lipinski definition) is 8. The summed E-state index contributed by atoms with van der Waals surface area (Å²) in [6.45, 7) is 3.75. The summed E-state index contributed by atoms with van der Waals surface area (Å²) in [4.78, 5) is 13.0. The summed E-state index contributed by atoms with van der Waals surface area (Å²) in [6.07, 6.45) is 54.2. The molecule has 0 saturated carbocycles. The molecule has 1 saturated heterocycles. The minimum Gasteiger partial charge on any atom is -0.394 e. The molecule has 1 aliphatic rings. The van der Waals surface area contributed by atoms with Crippen LogP contribution < -0.4 is 5.32 Å². The standard InChI is InChI=1S/C56H101NO8/c1-3-5-7-9-11-13-15-17-19-21-23-24-25-26-28-30-32-34-36-38-40-42-44-46-52(60)57-49(48-64-56-55(63)54(62)53(61)51(47-58)65-56)50(59)45-43-41-39-37-35-33-31-29-27-22-20-18-16-14-12-10-8-6-4-2/h23-24,26-29,35,37,43,45,49-51,53-56,58-59,61-63H,3-22,25,30-34,36,38-42,44,46-48H2,1-2H3,(H,57,60)/b24-23-,28-26-,29-27+,37-35+,45-43+. The SMILES string of the molecule is CCCCCCCCCCC/C=C\C/C=C\CCCCCCCCCC(=O)NC(COC1OC(CO)C(O)C(O)C1O)C(O)/C=C/CC/C=C/CC/C=C/CCCCCCCCCCC. The van der Waals surface area contributed by atoms with E-state index in [2.05, 4.69) is 67.8 Å². The van der Waals surface area contributed by atoms with Crippen LogP contribution in [-0.4, -0.2) is 87.5 Å². The van der Waals surface area contributed by atoms with Crippen molar-refractivity contribution in [1.29, 1.82) is 0 Å². The van der Waals surface area contributed by atoms with Gasteiger partial charge < -0.3 is 40.3 Å². The van der Waals surface area contributed by atoms with Crippen molar-refractivity contribution >= 4 is 5.91 Å². The number of aliphatic hydroxyl groups is 5. The van der Waals surface area contributed by atoms with E-state index in [-0.39, 0.29) is 12.5 Å². The van der Waals surface area contributed by atoms with Crippen LogP contribution in [0.2, 0.25) is 0 Å². The maximum atomic E-state index is 13.0. The maximum absolute atomic E-state index is 13.0. The molecule has 378 valence electrons. The Balaban J connectivity index is 2.32. The second-order valence-corrected chi connectivity index (χ2v) is 18.6. The van der Waals surface area contributed by atoms with Gasteiger partial charge in [0, 0.05) is 6.42 Å². The van der Waals surface area contributed by atoms with Gasteiger partial charge in [0.25, 0.3) is 0 Å². The number of nitrogens with one attached hydrogen (secondary N) is 1. The second kappa shape index (κ2) is 45.7. The molecule has 1 fully saturated rings. The average Bonchev–Trinajstić information content (AvgIpc) is 3.31. The molecule has 1 heterocycles. The normalized spacial score (nSPS) is 20.4. The molecule has 6 N–H and O–H groups in total. The van der Waals surface area contributed by atoms with E-state index in [0.717, 1.165) is 64.2 Å². The molecular formula is C56H101NO8. The molecule has 0 aromatic heterocycles. The van der Waals surface area contributed by atoms with Gasteiger partial charge in [-0.3, -0.25) is 4.79 Å². The summed E-state index contributed by atoms with van der Waals surface area (Å²) >= 11 is 0. The highest BCUT2D eigenvalue weighted by atomic mass is 16.7. The van der Waals surface area contributed by atoms with Gasteiger partial charge in [0.2, 0.25) is 5.91 Å². The number of unbranched alkanes of at least 4 members (excludes halogenated alkanes) is 27. The van der Waals surface area contributed by atoms with Crippen LogP contribution in [0.4, 0.5) is 0 Å². The van der Waals surface area contributed by atoms with Crippen LogP contribution in [0.3, 0.4) is 0 Å². The smallest absolute Gasteiger partial charge is 0.220 e. The largest absolute Gasteiger partial charge is 0.394 e. The number of aliphatic hydroxyl groups excluding tert-OH is 5. The molecule has 9 nitrogen and oxygen atoms in total. The summed E-state index contributed by atoms with van der Waals surface area (Å²) < 4.78 is 11.2. The highest BCUT2D eigenvalue weighted by Crippen LogP contribution is 2.23. The van der Waals surface area contributed by atoms with Gasteiger partial charge in [-0.1, -0.05) is 209 Å². The van der Waals surface area contributed by atoms with Crippen molar-refractivity contribution < 1.29 is 39.8 Å². The molecule has 7 atom stereocenters. The zero-order valence-electron chi connectivity index (χ0n) is 41.7. The molecule has 65 heavy (non-hydrogen) atoms. The van der Waals surface area contributed by atoms with E-state index in [9.17, 15) is 30.3 Å². The van der Waals surface area contributed by atoms with E-state index in [4.69, 9.17) is 9.47 Å². The minimum absolute atomic E-state index is 0.199. The van der Waals surface area contributed by atoms with Gasteiger partial charge >= 0.3 is 0 Å². The first-order chi connectivity index (χ1) is 31.8. The van der Waals surface area contributed by atoms with Crippen molar-refractivity contribution in [2.24, 2.45) is 0 Å². The van der Waals surface area contributed by atoms with Crippen LogP contribution in [0, 0.1) is 0 Å². The molecular weight excluding hydrogens is 815 g/mol. The van der Waals surface area contributed by atoms with Crippen LogP contribution in [0.5, 0.6) is 0 Å². The predicted molar refractivity (Wildman–Crippen MR) is 272 cm³/mol. The lowest BCUT2D eigenvalue weighted by Gasteiger charge is -2.40. The van der Waals surface area contributed by atoms with Crippen LogP contribution in [0.1, 0.15) is 232 Å². The number of amides is 1. The molecule has 0 aromatic carbocycles. The molecule has 0 spiro atoms. The van der Waals surface area contributed by atoms with E-state index in [1.807, 2.05) is 6.08 Å². The van der Waals surface area contributed by atoms with Gasteiger partial charge in [-0.25, -0.2) is 0 Å². The zero-order valence-corrected chi connectivity index (χ0v) is 41.7. The van der Waals surface area contributed by atoms with Crippen molar-refractivity contribution in [3.8, 4) is 0 Å². The Morgan fingerprint density at radius 3 is 1.38 bits per heavy atom. The van der Waals surface area contributed by atoms with Crippen molar-refractivity contribution in [1.82, 2.24) is 5.32 Å². The van der Waals surface area contributed by atoms with Crippen LogP contribution >= 0.6 is 0 Å². The fourth-order valence-electron chi connectivity index (χ4n) is 8.22. The van der Waals surface area contributed by atoms with E-state index in [1.165, 1.54) is 148 Å². The summed E-state index contributed by atoms with van der Waals surface area (Å²) in [5.74, 6) is -0.199. The Hall–Kier alpha value is -2.11. The minimum atomic E-state index is -1.58. The lowest BCUT2D eigenvalue weighted by atomic mass is 9.99. The predicted octanol–water partition coefficient (Wildman–Crippen LogP) is 12.7. The van der Waals surface area contributed by atoms with Gasteiger partial charge in [-0.2, -0.15) is 0 Å². The third kappa shape index (κ3) is 35.7. The third-order valence-electron chi connectivity index (χ3n) is 12.5. The maximum Gasteiger partial charge on any atom is 0.220 e. The Morgan fingerprint density at radius 2 is 0.923 bits per heavy atom. The average molecular weight is 916 g/mol. The molecule has 0 bridgehead atoms. The van der Waals surface area contributed by atoms with Gasteiger partial charge in [0.05, 0.1) is 25.4 Å². The van der Waals surface area contributed by atoms with E-state index >= 15 is 0 Å². The Morgan fingerprint density at radius 1 is 0.523 bits per heavy atom. The van der Waals surface area contributed by atoms with Gasteiger partial charge in [0.1, 0.15) is 24.4 Å². The highest BCUT2D eigenvalue weighted by Gasteiger charge is 2.44. The Kier molecular flexibility index (Phi) is 42.8. The first-order valence-corrected chi connectivity index (χ1v) is 27.0. The molecule has 0 aliphatic carbocycles. The fourth-order valence-corrected chi connectivity index (χ4v) is 8.22. The van der Waals surface area contributed by atoms with E-state index < -0.39 is 49.5 Å². The molecule has 0 aromatic rings. The summed E-state index contributed by atoms with van der Waals surface area (Å²) in [5.41, 5.74) is 0. The van der Waals surface area contributed by atoms with E-state index in [0.29, 0.717) is 6.42 Å². The molecule has 7 unspecified atom stereocenters. The third-order valence-corrected chi connectivity index (χ3v) is 12.5. The number of rotatable bonds is 45. The monoisotopic (exact) mass is 916 g/mol. The molecule has 9 heteroatoms. The van der Waals surface area contributed by atoms with Crippen molar-refractivity contribution in [2.45, 2.75) is 275 Å². The van der Waals surface area contributed by atoms with Crippen molar-refractivity contribution in [2.75, 3.05) is 13.2 Å². The molecule has 0 radical (unpaired) electrons. The van der Waals surface area contributed by atoms with Crippen LogP contribution in [-0.2, 0) is 14.3 Å². The zero-order chi connectivity index (χ0) is 47.3. The number of carbonyl (C=O) groups is 1. The Bertz CT molecular complexity index is 1200. The topological polar surface area (TPSA) is 149 Å².